The Labute approximate surface area is 170 Å². The Morgan fingerprint density at radius 2 is 1.67 bits per heavy atom. The van der Waals surface area contributed by atoms with Crippen LogP contribution in [0, 0.1) is 5.92 Å². The molecule has 8 heteroatoms. The maximum absolute atomic E-state index is 13.1. The molecule has 0 aromatic heterocycles. The molecule has 0 aliphatic heterocycles. The average Bonchev–Trinajstić information content (AvgIpc) is 2.59. The number of carbonyl (C=O) groups excluding carboxylic acids is 1. The van der Waals surface area contributed by atoms with Crippen molar-refractivity contribution in [2.24, 2.45) is 5.92 Å². The van der Waals surface area contributed by atoms with Crippen molar-refractivity contribution in [3.63, 3.8) is 0 Å². The van der Waals surface area contributed by atoms with Gasteiger partial charge >= 0.3 is 0 Å². The highest BCUT2D eigenvalue weighted by Crippen LogP contribution is 2.29. The first kappa shape index (κ1) is 21.5. The maximum atomic E-state index is 13.1. The zero-order chi connectivity index (χ0) is 20.0. The predicted molar refractivity (Wildman–Crippen MR) is 110 cm³/mol. The molecule has 0 aliphatic carbocycles. The first-order valence-corrected chi connectivity index (χ1v) is 10.7. The summed E-state index contributed by atoms with van der Waals surface area (Å²) in [5.41, 5.74) is 0.232. The van der Waals surface area contributed by atoms with Crippen LogP contribution >= 0.6 is 23.2 Å². The van der Waals surface area contributed by atoms with Gasteiger partial charge in [0, 0.05) is 16.6 Å². The van der Waals surface area contributed by atoms with Gasteiger partial charge in [-0.25, -0.2) is 8.42 Å². The van der Waals surface area contributed by atoms with E-state index in [0.717, 1.165) is 10.7 Å². The minimum Gasteiger partial charge on any atom is -0.355 e. The summed E-state index contributed by atoms with van der Waals surface area (Å²) in [6.45, 7) is 4.20. The van der Waals surface area contributed by atoms with Gasteiger partial charge in [0.1, 0.15) is 6.54 Å². The number of halogens is 2. The Kier molecular flexibility index (Phi) is 7.53. The molecule has 0 heterocycles. The number of anilines is 1. The van der Waals surface area contributed by atoms with Gasteiger partial charge in [0.2, 0.25) is 5.91 Å². The van der Waals surface area contributed by atoms with Gasteiger partial charge in [0.15, 0.2) is 0 Å². The molecule has 5 nitrogen and oxygen atoms in total. The smallest absolute Gasteiger partial charge is 0.264 e. The summed E-state index contributed by atoms with van der Waals surface area (Å²) in [5.74, 6) is 0.0347. The maximum Gasteiger partial charge on any atom is 0.264 e. The van der Waals surface area contributed by atoms with Crippen molar-refractivity contribution in [1.29, 1.82) is 0 Å². The predicted octanol–water partition coefficient (Wildman–Crippen LogP) is 4.35. The van der Waals surface area contributed by atoms with Crippen LogP contribution in [0.5, 0.6) is 0 Å². The van der Waals surface area contributed by atoms with Crippen molar-refractivity contribution >= 4 is 44.8 Å². The standard InChI is InChI=1S/C19H22Cl2N2O3S/c1-14(2)8-9-22-19(24)13-23(17-11-15(20)10-16(21)12-17)27(25,26)18-6-4-3-5-7-18/h3-7,10-12,14H,8-9,13H2,1-2H3,(H,22,24). The van der Waals surface area contributed by atoms with Crippen LogP contribution in [0.15, 0.2) is 53.4 Å². The Bertz CT molecular complexity index is 867. The van der Waals surface area contributed by atoms with Gasteiger partial charge in [0.25, 0.3) is 10.0 Å². The van der Waals surface area contributed by atoms with Crippen LogP contribution in [-0.2, 0) is 14.8 Å². The lowest BCUT2D eigenvalue weighted by molar-refractivity contribution is -0.119. The van der Waals surface area contributed by atoms with Crippen LogP contribution in [0.4, 0.5) is 5.69 Å². The molecular formula is C19H22Cl2N2O3S. The Morgan fingerprint density at radius 1 is 1.07 bits per heavy atom. The molecule has 0 spiro atoms. The van der Waals surface area contributed by atoms with E-state index in [9.17, 15) is 13.2 Å². The van der Waals surface area contributed by atoms with Crippen LogP contribution in [0.25, 0.3) is 0 Å². The van der Waals surface area contributed by atoms with Crippen molar-refractivity contribution in [3.05, 3.63) is 58.6 Å². The van der Waals surface area contributed by atoms with Crippen molar-refractivity contribution in [2.75, 3.05) is 17.4 Å². The summed E-state index contributed by atoms with van der Waals surface area (Å²) in [6.07, 6.45) is 0.806. The van der Waals surface area contributed by atoms with Crippen molar-refractivity contribution in [2.45, 2.75) is 25.2 Å². The van der Waals surface area contributed by atoms with Gasteiger partial charge in [-0.2, -0.15) is 0 Å². The summed E-state index contributed by atoms with van der Waals surface area (Å²) in [5, 5.41) is 3.32. The zero-order valence-corrected chi connectivity index (χ0v) is 17.5. The SMILES string of the molecule is CC(C)CCNC(=O)CN(c1cc(Cl)cc(Cl)c1)S(=O)(=O)c1ccccc1. The summed E-state index contributed by atoms with van der Waals surface area (Å²) in [6, 6.07) is 12.4. The largest absolute Gasteiger partial charge is 0.355 e. The number of sulfonamides is 1. The summed E-state index contributed by atoms with van der Waals surface area (Å²) in [4.78, 5) is 12.5. The molecule has 0 fully saturated rings. The lowest BCUT2D eigenvalue weighted by Gasteiger charge is -2.24. The third kappa shape index (κ3) is 6.13. The van der Waals surface area contributed by atoms with E-state index >= 15 is 0 Å². The molecule has 1 amide bonds. The first-order chi connectivity index (χ1) is 12.7. The normalized spacial score (nSPS) is 11.4. The number of nitrogens with zero attached hydrogens (tertiary/aromatic N) is 1. The second kappa shape index (κ2) is 9.44. The average molecular weight is 429 g/mol. The van der Waals surface area contributed by atoms with Gasteiger partial charge in [-0.05, 0) is 42.7 Å². The minimum absolute atomic E-state index is 0.0797. The Morgan fingerprint density at radius 3 is 2.22 bits per heavy atom. The number of rotatable bonds is 8. The van der Waals surface area contributed by atoms with E-state index in [1.807, 2.05) is 13.8 Å². The number of carbonyl (C=O) groups is 1. The number of amides is 1. The highest BCUT2D eigenvalue weighted by Gasteiger charge is 2.27. The van der Waals surface area contributed by atoms with E-state index in [2.05, 4.69) is 5.32 Å². The van der Waals surface area contributed by atoms with Crippen LogP contribution in [0.3, 0.4) is 0 Å². The van der Waals surface area contributed by atoms with E-state index < -0.39 is 15.9 Å². The summed E-state index contributed by atoms with van der Waals surface area (Å²) < 4.78 is 27.3. The fourth-order valence-electron chi connectivity index (χ4n) is 2.40. The number of hydrogen-bond donors (Lipinski definition) is 1. The van der Waals surface area contributed by atoms with Crippen LogP contribution in [-0.4, -0.2) is 27.4 Å². The molecule has 0 aliphatic rings. The summed E-state index contributed by atoms with van der Waals surface area (Å²) in [7, 11) is -3.97. The second-order valence-electron chi connectivity index (χ2n) is 6.48. The van der Waals surface area contributed by atoms with E-state index in [4.69, 9.17) is 23.2 Å². The van der Waals surface area contributed by atoms with Gasteiger partial charge in [0.05, 0.1) is 10.6 Å². The summed E-state index contributed by atoms with van der Waals surface area (Å²) >= 11 is 12.1. The molecule has 2 aromatic rings. The van der Waals surface area contributed by atoms with Crippen LogP contribution in [0.1, 0.15) is 20.3 Å². The van der Waals surface area contributed by atoms with Crippen molar-refractivity contribution in [1.82, 2.24) is 5.32 Å². The Balaban J connectivity index is 2.36. The first-order valence-electron chi connectivity index (χ1n) is 8.50. The molecule has 146 valence electrons. The topological polar surface area (TPSA) is 66.5 Å². The molecular weight excluding hydrogens is 407 g/mol. The minimum atomic E-state index is -3.97. The molecule has 0 unspecified atom stereocenters. The molecule has 0 saturated heterocycles. The van der Waals surface area contributed by atoms with Crippen molar-refractivity contribution < 1.29 is 13.2 Å². The van der Waals surface area contributed by atoms with Gasteiger partial charge in [-0.3, -0.25) is 9.10 Å². The lowest BCUT2D eigenvalue weighted by atomic mass is 10.1. The Hall–Kier alpha value is -1.76. The fourth-order valence-corrected chi connectivity index (χ4v) is 4.34. The second-order valence-corrected chi connectivity index (χ2v) is 9.22. The van der Waals surface area contributed by atoms with Crippen molar-refractivity contribution in [3.8, 4) is 0 Å². The highest BCUT2D eigenvalue weighted by atomic mass is 35.5. The van der Waals surface area contributed by atoms with Gasteiger partial charge in [-0.1, -0.05) is 55.2 Å². The van der Waals surface area contributed by atoms with E-state index in [1.54, 1.807) is 18.2 Å². The van der Waals surface area contributed by atoms with E-state index in [0.29, 0.717) is 12.5 Å². The molecule has 0 saturated carbocycles. The molecule has 1 N–H and O–H groups in total. The van der Waals surface area contributed by atoms with Gasteiger partial charge < -0.3 is 5.32 Å². The molecule has 2 rings (SSSR count). The number of benzene rings is 2. The monoisotopic (exact) mass is 428 g/mol. The van der Waals surface area contributed by atoms with E-state index in [1.165, 1.54) is 30.3 Å². The quantitative estimate of drug-likeness (QED) is 0.679. The molecule has 0 bridgehead atoms. The third-order valence-corrected chi connectivity index (χ3v) is 6.02. The third-order valence-electron chi connectivity index (χ3n) is 3.80. The molecule has 0 atom stereocenters. The molecule has 0 radical (unpaired) electrons. The van der Waals surface area contributed by atoms with Crippen LogP contribution in [0.2, 0.25) is 10.0 Å². The van der Waals surface area contributed by atoms with E-state index in [-0.39, 0.29) is 27.2 Å². The van der Waals surface area contributed by atoms with Crippen LogP contribution < -0.4 is 9.62 Å². The van der Waals surface area contributed by atoms with Gasteiger partial charge in [-0.15, -0.1) is 0 Å². The number of hydrogen-bond acceptors (Lipinski definition) is 3. The highest BCUT2D eigenvalue weighted by molar-refractivity contribution is 7.92. The zero-order valence-electron chi connectivity index (χ0n) is 15.2. The number of nitrogens with one attached hydrogen (secondary N) is 1. The fraction of sp³-hybridized carbons (Fsp3) is 0.316. The lowest BCUT2D eigenvalue weighted by Crippen LogP contribution is -2.41. The molecule has 2 aromatic carbocycles. The molecule has 27 heavy (non-hydrogen) atoms.